The Balaban J connectivity index is 1.96. The first-order chi connectivity index (χ1) is 9.95. The SMILES string of the molecule is Cc1nc(NC(=S)NCc2ccc(F)cc2)c(Br)cc1Cl. The van der Waals surface area contributed by atoms with Gasteiger partial charge >= 0.3 is 0 Å². The maximum absolute atomic E-state index is 12.8. The van der Waals surface area contributed by atoms with Crippen molar-refractivity contribution in [2.75, 3.05) is 5.32 Å². The molecule has 0 saturated carbocycles. The monoisotopic (exact) mass is 387 g/mol. The van der Waals surface area contributed by atoms with Crippen LogP contribution in [0.4, 0.5) is 10.2 Å². The molecule has 0 fully saturated rings. The van der Waals surface area contributed by atoms with E-state index in [0.29, 0.717) is 28.2 Å². The van der Waals surface area contributed by atoms with Crippen LogP contribution in [0.15, 0.2) is 34.8 Å². The number of benzene rings is 1. The minimum Gasteiger partial charge on any atom is -0.358 e. The van der Waals surface area contributed by atoms with E-state index >= 15 is 0 Å². The van der Waals surface area contributed by atoms with Crippen LogP contribution in [0.2, 0.25) is 5.02 Å². The molecular formula is C14H12BrClFN3S. The summed E-state index contributed by atoms with van der Waals surface area (Å²) in [6.45, 7) is 2.31. The van der Waals surface area contributed by atoms with Gasteiger partial charge in [0.1, 0.15) is 11.6 Å². The van der Waals surface area contributed by atoms with Crippen LogP contribution in [0.5, 0.6) is 0 Å². The molecule has 2 aromatic rings. The molecule has 0 aliphatic rings. The Hall–Kier alpha value is -1.24. The molecule has 0 unspecified atom stereocenters. The summed E-state index contributed by atoms with van der Waals surface area (Å²) in [4.78, 5) is 4.31. The zero-order valence-electron chi connectivity index (χ0n) is 11.1. The molecule has 0 bridgehead atoms. The van der Waals surface area contributed by atoms with Crippen molar-refractivity contribution in [3.63, 3.8) is 0 Å². The second-order valence-electron chi connectivity index (χ2n) is 4.32. The minimum absolute atomic E-state index is 0.260. The van der Waals surface area contributed by atoms with E-state index in [2.05, 4.69) is 31.5 Å². The van der Waals surface area contributed by atoms with Gasteiger partial charge in [0.25, 0.3) is 0 Å². The lowest BCUT2D eigenvalue weighted by Gasteiger charge is -2.12. The molecule has 0 amide bonds. The highest BCUT2D eigenvalue weighted by molar-refractivity contribution is 9.10. The third-order valence-corrected chi connectivity index (χ3v) is 3.94. The largest absolute Gasteiger partial charge is 0.358 e. The molecule has 2 N–H and O–H groups in total. The van der Waals surface area contributed by atoms with E-state index in [0.717, 1.165) is 10.0 Å². The van der Waals surface area contributed by atoms with Crippen LogP contribution in [0.25, 0.3) is 0 Å². The van der Waals surface area contributed by atoms with Crippen LogP contribution in [-0.4, -0.2) is 10.1 Å². The third-order valence-electron chi connectivity index (χ3n) is 2.70. The van der Waals surface area contributed by atoms with Crippen LogP contribution < -0.4 is 10.6 Å². The van der Waals surface area contributed by atoms with Crippen molar-refractivity contribution in [2.45, 2.75) is 13.5 Å². The zero-order chi connectivity index (χ0) is 15.4. The molecule has 0 aliphatic carbocycles. The van der Waals surface area contributed by atoms with Crippen molar-refractivity contribution in [3.8, 4) is 0 Å². The summed E-state index contributed by atoms with van der Waals surface area (Å²) in [5.74, 6) is 0.331. The number of halogens is 3. The maximum Gasteiger partial charge on any atom is 0.172 e. The Bertz CT molecular complexity index is 664. The molecular weight excluding hydrogens is 377 g/mol. The fraction of sp³-hybridized carbons (Fsp3) is 0.143. The molecule has 1 aromatic carbocycles. The Labute approximate surface area is 141 Å². The number of thiocarbonyl (C=S) groups is 1. The number of rotatable bonds is 3. The number of anilines is 1. The van der Waals surface area contributed by atoms with Crippen LogP contribution in [0, 0.1) is 12.7 Å². The first kappa shape index (κ1) is 16.1. The number of pyridine rings is 1. The lowest BCUT2D eigenvalue weighted by atomic mass is 10.2. The topological polar surface area (TPSA) is 37.0 Å². The molecule has 0 spiro atoms. The lowest BCUT2D eigenvalue weighted by Crippen LogP contribution is -2.28. The Morgan fingerprint density at radius 3 is 2.71 bits per heavy atom. The van der Waals surface area contributed by atoms with Gasteiger partial charge in [-0.2, -0.15) is 0 Å². The molecule has 0 saturated heterocycles. The predicted octanol–water partition coefficient (Wildman–Crippen LogP) is 4.43. The van der Waals surface area contributed by atoms with E-state index in [1.165, 1.54) is 12.1 Å². The van der Waals surface area contributed by atoms with Gasteiger partial charge in [0.15, 0.2) is 5.11 Å². The first-order valence-electron chi connectivity index (χ1n) is 6.07. The van der Waals surface area contributed by atoms with Crippen molar-refractivity contribution in [3.05, 3.63) is 56.9 Å². The van der Waals surface area contributed by atoms with Gasteiger partial charge in [0.05, 0.1) is 15.2 Å². The van der Waals surface area contributed by atoms with Gasteiger partial charge in [-0.3, -0.25) is 0 Å². The van der Waals surface area contributed by atoms with Gasteiger partial charge in [-0.1, -0.05) is 23.7 Å². The van der Waals surface area contributed by atoms with Crippen LogP contribution in [0.3, 0.4) is 0 Å². The van der Waals surface area contributed by atoms with Crippen LogP contribution >= 0.6 is 39.7 Å². The van der Waals surface area contributed by atoms with Gasteiger partial charge < -0.3 is 10.6 Å². The Morgan fingerprint density at radius 1 is 1.38 bits per heavy atom. The summed E-state index contributed by atoms with van der Waals surface area (Å²) in [7, 11) is 0. The van der Waals surface area contributed by atoms with Crippen molar-refractivity contribution in [1.29, 1.82) is 0 Å². The van der Waals surface area contributed by atoms with Gasteiger partial charge in [-0.05, 0) is 58.8 Å². The summed E-state index contributed by atoms with van der Waals surface area (Å²) < 4.78 is 13.5. The van der Waals surface area contributed by atoms with Crippen molar-refractivity contribution < 1.29 is 4.39 Å². The molecule has 3 nitrogen and oxygen atoms in total. The first-order valence-corrected chi connectivity index (χ1v) is 7.65. The highest BCUT2D eigenvalue weighted by atomic mass is 79.9. The van der Waals surface area contributed by atoms with E-state index in [1.54, 1.807) is 18.2 Å². The molecule has 0 radical (unpaired) electrons. The molecule has 21 heavy (non-hydrogen) atoms. The maximum atomic E-state index is 12.8. The van der Waals surface area contributed by atoms with E-state index in [1.807, 2.05) is 6.92 Å². The summed E-state index contributed by atoms with van der Waals surface area (Å²) >= 11 is 14.6. The summed E-state index contributed by atoms with van der Waals surface area (Å²) in [6, 6.07) is 7.98. The predicted molar refractivity (Wildman–Crippen MR) is 91.1 cm³/mol. The van der Waals surface area contributed by atoms with Crippen LogP contribution in [-0.2, 0) is 6.54 Å². The average Bonchev–Trinajstić information content (AvgIpc) is 2.44. The van der Waals surface area contributed by atoms with Crippen molar-refractivity contribution in [1.82, 2.24) is 10.3 Å². The van der Waals surface area contributed by atoms with E-state index in [4.69, 9.17) is 23.8 Å². The molecule has 0 aliphatic heterocycles. The summed E-state index contributed by atoms with van der Waals surface area (Å²) in [5, 5.41) is 7.03. The molecule has 0 atom stereocenters. The molecule has 7 heteroatoms. The van der Waals surface area contributed by atoms with Gasteiger partial charge in [-0.15, -0.1) is 0 Å². The van der Waals surface area contributed by atoms with E-state index in [-0.39, 0.29) is 5.82 Å². The number of hydrogen-bond donors (Lipinski definition) is 2. The normalized spacial score (nSPS) is 10.3. The lowest BCUT2D eigenvalue weighted by molar-refractivity contribution is 0.627. The van der Waals surface area contributed by atoms with Gasteiger partial charge in [-0.25, -0.2) is 9.37 Å². The number of nitrogens with zero attached hydrogens (tertiary/aromatic N) is 1. The number of nitrogens with one attached hydrogen (secondary N) is 2. The van der Waals surface area contributed by atoms with Gasteiger partial charge in [0, 0.05) is 6.54 Å². The Morgan fingerprint density at radius 2 is 2.05 bits per heavy atom. The minimum atomic E-state index is -0.260. The second-order valence-corrected chi connectivity index (χ2v) is 5.99. The fourth-order valence-electron chi connectivity index (χ4n) is 1.58. The highest BCUT2D eigenvalue weighted by Crippen LogP contribution is 2.25. The quantitative estimate of drug-likeness (QED) is 0.763. The standard InChI is InChI=1S/C14H12BrClFN3S/c1-8-12(16)6-11(15)13(19-8)20-14(21)18-7-9-2-4-10(17)5-3-9/h2-6H,7H2,1H3,(H2,18,19,20,21). The molecule has 1 heterocycles. The second kappa shape index (κ2) is 7.15. The molecule has 2 rings (SSSR count). The third kappa shape index (κ3) is 4.62. The van der Waals surface area contributed by atoms with Crippen molar-refractivity contribution in [2.24, 2.45) is 0 Å². The van der Waals surface area contributed by atoms with Gasteiger partial charge in [0.2, 0.25) is 0 Å². The number of hydrogen-bond acceptors (Lipinski definition) is 2. The molecule has 110 valence electrons. The fourth-order valence-corrected chi connectivity index (χ4v) is 2.45. The average molecular weight is 389 g/mol. The smallest absolute Gasteiger partial charge is 0.172 e. The van der Waals surface area contributed by atoms with E-state index < -0.39 is 0 Å². The van der Waals surface area contributed by atoms with E-state index in [9.17, 15) is 4.39 Å². The number of aryl methyl sites for hydroxylation is 1. The Kier molecular flexibility index (Phi) is 5.50. The zero-order valence-corrected chi connectivity index (χ0v) is 14.2. The summed E-state index contributed by atoms with van der Waals surface area (Å²) in [6.07, 6.45) is 0. The highest BCUT2D eigenvalue weighted by Gasteiger charge is 2.07. The molecule has 1 aromatic heterocycles. The summed E-state index contributed by atoms with van der Waals surface area (Å²) in [5.41, 5.74) is 1.64. The van der Waals surface area contributed by atoms with Crippen LogP contribution in [0.1, 0.15) is 11.3 Å². The van der Waals surface area contributed by atoms with Crippen molar-refractivity contribution >= 4 is 50.7 Å². The number of aromatic nitrogens is 1.